The van der Waals surface area contributed by atoms with E-state index in [1.54, 1.807) is 0 Å². The van der Waals surface area contributed by atoms with Crippen molar-refractivity contribution >= 4 is 38.5 Å². The molecule has 1 heteroatoms. The minimum atomic E-state index is 1.17. The molecule has 0 saturated carbocycles. The first-order chi connectivity index (χ1) is 19.4. The standard InChI is InChI=1S/C38H32S/c1-2-5-15-29(16-6-3-1)37-31-17-9-11-19-33(31)38(34-20-12-10-18-32(34)37)30-23-21-28(22-24-30)36-26-25-35(39-36)27-13-7-4-8-14-27/h4,7-15,17-26H,1-3,5-6,16H2. The van der Waals surface area contributed by atoms with Gasteiger partial charge in [0.05, 0.1) is 0 Å². The zero-order chi connectivity index (χ0) is 26.0. The Bertz CT molecular complexity index is 1730. The highest BCUT2D eigenvalue weighted by atomic mass is 32.1. The van der Waals surface area contributed by atoms with Crippen molar-refractivity contribution in [3.8, 4) is 32.0 Å². The van der Waals surface area contributed by atoms with Gasteiger partial charge in [0.1, 0.15) is 0 Å². The lowest BCUT2D eigenvalue weighted by Crippen LogP contribution is -1.96. The van der Waals surface area contributed by atoms with Gasteiger partial charge in [0.2, 0.25) is 0 Å². The van der Waals surface area contributed by atoms with Gasteiger partial charge in [-0.2, -0.15) is 0 Å². The normalized spacial score (nSPS) is 14.2. The summed E-state index contributed by atoms with van der Waals surface area (Å²) in [5.74, 6) is 0. The maximum Gasteiger partial charge on any atom is 0.0349 e. The maximum absolute atomic E-state index is 2.53. The monoisotopic (exact) mass is 520 g/mol. The maximum atomic E-state index is 2.53. The molecule has 1 heterocycles. The van der Waals surface area contributed by atoms with Crippen LogP contribution in [-0.4, -0.2) is 0 Å². The van der Waals surface area contributed by atoms with E-state index >= 15 is 0 Å². The van der Waals surface area contributed by atoms with Gasteiger partial charge in [-0.3, -0.25) is 0 Å². The largest absolute Gasteiger partial charge is 0.135 e. The van der Waals surface area contributed by atoms with Gasteiger partial charge >= 0.3 is 0 Å². The van der Waals surface area contributed by atoms with Gasteiger partial charge in [-0.15, -0.1) is 11.3 Å². The molecule has 39 heavy (non-hydrogen) atoms. The first kappa shape index (κ1) is 24.1. The molecule has 0 N–H and O–H groups in total. The predicted octanol–water partition coefficient (Wildman–Crippen LogP) is 11.8. The highest BCUT2D eigenvalue weighted by molar-refractivity contribution is 7.18. The van der Waals surface area contributed by atoms with Crippen LogP contribution in [0.5, 0.6) is 0 Å². The van der Waals surface area contributed by atoms with Gasteiger partial charge in [0.25, 0.3) is 0 Å². The summed E-state index contributed by atoms with van der Waals surface area (Å²) < 4.78 is 0. The number of hydrogen-bond acceptors (Lipinski definition) is 1. The summed E-state index contributed by atoms with van der Waals surface area (Å²) >= 11 is 1.86. The van der Waals surface area contributed by atoms with E-state index in [9.17, 15) is 0 Å². The van der Waals surface area contributed by atoms with Crippen molar-refractivity contribution in [3.63, 3.8) is 0 Å². The first-order valence-corrected chi connectivity index (χ1v) is 15.1. The van der Waals surface area contributed by atoms with E-state index in [2.05, 4.69) is 121 Å². The van der Waals surface area contributed by atoms with Crippen molar-refractivity contribution in [3.05, 3.63) is 127 Å². The number of rotatable bonds is 4. The van der Waals surface area contributed by atoms with Crippen LogP contribution in [0.1, 0.15) is 44.1 Å². The Labute approximate surface area is 235 Å². The minimum absolute atomic E-state index is 1.17. The topological polar surface area (TPSA) is 0 Å². The third kappa shape index (κ3) is 4.62. The highest BCUT2D eigenvalue weighted by Gasteiger charge is 2.18. The van der Waals surface area contributed by atoms with Crippen LogP contribution in [0.25, 0.3) is 59.1 Å². The molecule has 1 aliphatic rings. The number of fused-ring (bicyclic) bond motifs is 2. The van der Waals surface area contributed by atoms with E-state index in [4.69, 9.17) is 0 Å². The number of hydrogen-bond donors (Lipinski definition) is 0. The number of benzene rings is 5. The molecule has 5 aromatic carbocycles. The van der Waals surface area contributed by atoms with Crippen molar-refractivity contribution in [2.45, 2.75) is 38.5 Å². The molecule has 1 aromatic heterocycles. The SMILES string of the molecule is C1=C(c2c3ccccc3c(-c3ccc(-c4ccc(-c5ccccc5)s4)cc3)c3ccccc23)CCCCCC1. The van der Waals surface area contributed by atoms with E-state index in [1.165, 1.54) is 103 Å². The Balaban J connectivity index is 1.35. The van der Waals surface area contributed by atoms with Gasteiger partial charge in [-0.1, -0.05) is 122 Å². The summed E-state index contributed by atoms with van der Waals surface area (Å²) in [7, 11) is 0. The zero-order valence-corrected chi connectivity index (χ0v) is 23.0. The second kappa shape index (κ2) is 10.7. The van der Waals surface area contributed by atoms with Crippen LogP contribution in [0.4, 0.5) is 0 Å². The molecule has 190 valence electrons. The first-order valence-electron chi connectivity index (χ1n) is 14.3. The Hall–Kier alpha value is -3.94. The quantitative estimate of drug-likeness (QED) is 0.203. The lowest BCUT2D eigenvalue weighted by molar-refractivity contribution is 0.644. The molecule has 0 saturated heterocycles. The van der Waals surface area contributed by atoms with Gasteiger partial charge in [-0.25, -0.2) is 0 Å². The molecule has 0 amide bonds. The van der Waals surface area contributed by atoms with Crippen LogP contribution in [-0.2, 0) is 0 Å². The molecule has 0 unspecified atom stereocenters. The molecule has 0 nitrogen and oxygen atoms in total. The summed E-state index contributed by atoms with van der Waals surface area (Å²) in [6.45, 7) is 0. The zero-order valence-electron chi connectivity index (χ0n) is 22.2. The Kier molecular flexibility index (Phi) is 6.60. The summed E-state index contributed by atoms with van der Waals surface area (Å²) in [6.07, 6.45) is 10.2. The van der Waals surface area contributed by atoms with Crippen LogP contribution in [0, 0.1) is 0 Å². The second-order valence-electron chi connectivity index (χ2n) is 10.6. The summed E-state index contributed by atoms with van der Waals surface area (Å²) in [6, 6.07) is 42.5. The highest BCUT2D eigenvalue weighted by Crippen LogP contribution is 2.44. The third-order valence-corrected chi connectivity index (χ3v) is 9.35. The third-order valence-electron chi connectivity index (χ3n) is 8.17. The number of allylic oxidation sites excluding steroid dienone is 2. The van der Waals surface area contributed by atoms with Gasteiger partial charge in [0, 0.05) is 9.75 Å². The lowest BCUT2D eigenvalue weighted by Gasteiger charge is -2.20. The molecular weight excluding hydrogens is 488 g/mol. The van der Waals surface area contributed by atoms with Crippen molar-refractivity contribution < 1.29 is 0 Å². The van der Waals surface area contributed by atoms with E-state index in [0.717, 1.165) is 0 Å². The fraction of sp³-hybridized carbons (Fsp3) is 0.158. The second-order valence-corrected chi connectivity index (χ2v) is 11.7. The fourth-order valence-corrected chi connectivity index (χ4v) is 7.27. The van der Waals surface area contributed by atoms with Gasteiger partial charge in [-0.05, 0) is 92.8 Å². The lowest BCUT2D eigenvalue weighted by atomic mass is 9.83. The van der Waals surface area contributed by atoms with Crippen LogP contribution < -0.4 is 0 Å². The van der Waals surface area contributed by atoms with Crippen molar-refractivity contribution in [1.82, 2.24) is 0 Å². The van der Waals surface area contributed by atoms with Crippen molar-refractivity contribution in [1.29, 1.82) is 0 Å². The molecule has 6 aromatic rings. The Morgan fingerprint density at radius 1 is 0.410 bits per heavy atom. The molecule has 7 rings (SSSR count). The molecule has 0 bridgehead atoms. The average molecular weight is 521 g/mol. The molecule has 0 atom stereocenters. The Morgan fingerprint density at radius 3 is 1.56 bits per heavy atom. The number of thiophene rings is 1. The molecule has 0 fully saturated rings. The molecule has 0 radical (unpaired) electrons. The molecule has 0 aliphatic heterocycles. The van der Waals surface area contributed by atoms with E-state index in [0.29, 0.717) is 0 Å². The summed E-state index contributed by atoms with van der Waals surface area (Å²) in [4.78, 5) is 2.62. The average Bonchev–Trinajstić information content (AvgIpc) is 3.47. The van der Waals surface area contributed by atoms with E-state index in [1.807, 2.05) is 11.3 Å². The molecule has 1 aliphatic carbocycles. The summed E-state index contributed by atoms with van der Waals surface area (Å²) in [5.41, 5.74) is 8.17. The smallest absolute Gasteiger partial charge is 0.0349 e. The van der Waals surface area contributed by atoms with E-state index in [-0.39, 0.29) is 0 Å². The van der Waals surface area contributed by atoms with Crippen LogP contribution in [0.2, 0.25) is 0 Å². The van der Waals surface area contributed by atoms with Crippen molar-refractivity contribution in [2.24, 2.45) is 0 Å². The van der Waals surface area contributed by atoms with E-state index < -0.39 is 0 Å². The molecular formula is C38H32S. The van der Waals surface area contributed by atoms with Gasteiger partial charge < -0.3 is 0 Å². The predicted molar refractivity (Wildman–Crippen MR) is 171 cm³/mol. The van der Waals surface area contributed by atoms with Crippen LogP contribution in [0.15, 0.2) is 121 Å². The Morgan fingerprint density at radius 2 is 0.923 bits per heavy atom. The fourth-order valence-electron chi connectivity index (χ4n) is 6.26. The minimum Gasteiger partial charge on any atom is -0.135 e. The van der Waals surface area contributed by atoms with Crippen molar-refractivity contribution in [2.75, 3.05) is 0 Å². The van der Waals surface area contributed by atoms with Gasteiger partial charge in [0.15, 0.2) is 0 Å². The van der Waals surface area contributed by atoms with Crippen LogP contribution >= 0.6 is 11.3 Å². The summed E-state index contributed by atoms with van der Waals surface area (Å²) in [5, 5.41) is 5.47. The van der Waals surface area contributed by atoms with Crippen LogP contribution in [0.3, 0.4) is 0 Å². The molecule has 0 spiro atoms.